The number of rotatable bonds is 6. The molecule has 23 heavy (non-hydrogen) atoms. The summed E-state index contributed by atoms with van der Waals surface area (Å²) < 4.78 is 24.2. The van der Waals surface area contributed by atoms with Gasteiger partial charge in [-0.2, -0.15) is 0 Å². The molecule has 0 radical (unpaired) electrons. The lowest BCUT2D eigenvalue weighted by Crippen LogP contribution is -2.44. The van der Waals surface area contributed by atoms with Crippen LogP contribution in [0.4, 0.5) is 9.18 Å². The van der Waals surface area contributed by atoms with E-state index < -0.39 is 30.9 Å². The number of cyclic esters (lactones) is 1. The molecular weight excluding hydrogens is 305 g/mol. The van der Waals surface area contributed by atoms with Gasteiger partial charge in [0.05, 0.1) is 12.8 Å². The van der Waals surface area contributed by atoms with E-state index in [4.69, 9.17) is 14.6 Å². The van der Waals surface area contributed by atoms with E-state index in [1.54, 1.807) is 6.92 Å². The van der Waals surface area contributed by atoms with Crippen LogP contribution >= 0.6 is 0 Å². The summed E-state index contributed by atoms with van der Waals surface area (Å²) in [4.78, 5) is 22.9. The Bertz CT molecular complexity index is 391. The van der Waals surface area contributed by atoms with Gasteiger partial charge in [0.1, 0.15) is 12.1 Å². The van der Waals surface area contributed by atoms with Crippen LogP contribution in [0, 0.1) is 11.8 Å². The average Bonchev–Trinajstić information content (AvgIpc) is 2.49. The van der Waals surface area contributed by atoms with Crippen LogP contribution in [0.25, 0.3) is 0 Å². The molecule has 134 valence electrons. The molecule has 6 nitrogen and oxygen atoms in total. The molecule has 0 aliphatic carbocycles. The predicted molar refractivity (Wildman–Crippen MR) is 83.0 cm³/mol. The molecule has 1 aliphatic heterocycles. The van der Waals surface area contributed by atoms with Crippen LogP contribution < -0.4 is 5.32 Å². The molecule has 0 saturated carbocycles. The molecular formula is C16H28FNO5. The molecule has 2 N–H and O–H groups in total. The second kappa shape index (κ2) is 9.70. The summed E-state index contributed by atoms with van der Waals surface area (Å²) in [5.74, 6) is -0.331. The Hall–Kier alpha value is -1.37. The van der Waals surface area contributed by atoms with Crippen molar-refractivity contribution in [3.8, 4) is 0 Å². The Labute approximate surface area is 136 Å². The highest BCUT2D eigenvalue weighted by atomic mass is 19.1. The highest BCUT2D eigenvalue weighted by molar-refractivity contribution is 5.80. The van der Waals surface area contributed by atoms with Gasteiger partial charge in [-0.25, -0.2) is 9.59 Å². The highest BCUT2D eigenvalue weighted by Gasteiger charge is 2.34. The number of carbonyl (C=O) groups excluding carboxylic acids is 1. The van der Waals surface area contributed by atoms with Crippen LogP contribution in [-0.2, 0) is 14.3 Å². The Balaban J connectivity index is 2.85. The molecule has 0 aromatic carbocycles. The fraction of sp³-hybridized carbons (Fsp3) is 0.875. The Morgan fingerprint density at radius 3 is 2.74 bits per heavy atom. The fourth-order valence-electron chi connectivity index (χ4n) is 2.89. The number of hydrogen-bond acceptors (Lipinski definition) is 4. The first kappa shape index (κ1) is 19.7. The third kappa shape index (κ3) is 6.72. The van der Waals surface area contributed by atoms with E-state index in [1.165, 1.54) is 0 Å². The van der Waals surface area contributed by atoms with E-state index in [0.717, 1.165) is 0 Å². The van der Waals surface area contributed by atoms with Crippen molar-refractivity contribution < 1.29 is 28.6 Å². The van der Waals surface area contributed by atoms with E-state index in [-0.39, 0.29) is 12.0 Å². The summed E-state index contributed by atoms with van der Waals surface area (Å²) in [7, 11) is 0. The Morgan fingerprint density at radius 2 is 2.17 bits per heavy atom. The molecule has 0 aromatic rings. The molecule has 0 spiro atoms. The van der Waals surface area contributed by atoms with Gasteiger partial charge in [-0.05, 0) is 38.0 Å². The van der Waals surface area contributed by atoms with E-state index in [2.05, 4.69) is 5.32 Å². The zero-order chi connectivity index (χ0) is 17.4. The lowest BCUT2D eigenvalue weighted by molar-refractivity contribution is -0.161. The first-order valence-corrected chi connectivity index (χ1v) is 8.22. The quantitative estimate of drug-likeness (QED) is 0.730. The van der Waals surface area contributed by atoms with Crippen LogP contribution in [0.2, 0.25) is 0 Å². The number of halogens is 1. The van der Waals surface area contributed by atoms with E-state index in [1.807, 2.05) is 13.8 Å². The molecule has 1 amide bonds. The van der Waals surface area contributed by atoms with E-state index >= 15 is 0 Å². The minimum absolute atomic E-state index is 0.0508. The molecule has 1 fully saturated rings. The second-order valence-corrected chi connectivity index (χ2v) is 6.50. The zero-order valence-electron chi connectivity index (χ0n) is 14.1. The summed E-state index contributed by atoms with van der Waals surface area (Å²) in [6, 6.07) is -0.884. The monoisotopic (exact) mass is 333 g/mol. The maximum Gasteiger partial charge on any atom is 0.405 e. The van der Waals surface area contributed by atoms with Crippen molar-refractivity contribution in [3.05, 3.63) is 0 Å². The number of carboxylic acid groups (broad SMARTS) is 1. The van der Waals surface area contributed by atoms with Crippen molar-refractivity contribution >= 4 is 12.1 Å². The van der Waals surface area contributed by atoms with E-state index in [9.17, 15) is 14.0 Å². The Morgan fingerprint density at radius 1 is 1.48 bits per heavy atom. The fourth-order valence-corrected chi connectivity index (χ4v) is 2.89. The number of alkyl halides is 1. The Kier molecular flexibility index (Phi) is 8.30. The number of amides is 1. The van der Waals surface area contributed by atoms with Gasteiger partial charge in [0, 0.05) is 6.61 Å². The van der Waals surface area contributed by atoms with Gasteiger partial charge in [-0.15, -0.1) is 0 Å². The van der Waals surface area contributed by atoms with Crippen LogP contribution in [0.3, 0.4) is 0 Å². The number of esters is 1. The van der Waals surface area contributed by atoms with Crippen LogP contribution in [-0.4, -0.2) is 48.7 Å². The molecule has 1 saturated heterocycles. The van der Waals surface area contributed by atoms with Crippen molar-refractivity contribution in [2.45, 2.75) is 64.7 Å². The number of carbonyl (C=O) groups is 2. The lowest BCUT2D eigenvalue weighted by atomic mass is 9.90. The van der Waals surface area contributed by atoms with Crippen molar-refractivity contribution in [2.75, 3.05) is 13.3 Å². The summed E-state index contributed by atoms with van der Waals surface area (Å²) in [5.41, 5.74) is 0. The number of ether oxygens (including phenoxy) is 2. The maximum atomic E-state index is 12.9. The normalized spacial score (nSPS) is 29.3. The second-order valence-electron chi connectivity index (χ2n) is 6.50. The van der Waals surface area contributed by atoms with Crippen LogP contribution in [0.1, 0.15) is 46.5 Å². The van der Waals surface area contributed by atoms with Crippen molar-refractivity contribution in [3.63, 3.8) is 0 Å². The van der Waals surface area contributed by atoms with Crippen molar-refractivity contribution in [2.24, 2.45) is 11.8 Å². The van der Waals surface area contributed by atoms with Gasteiger partial charge >= 0.3 is 12.1 Å². The first-order valence-electron chi connectivity index (χ1n) is 8.22. The third-order valence-electron chi connectivity index (χ3n) is 3.98. The van der Waals surface area contributed by atoms with Gasteiger partial charge < -0.3 is 19.9 Å². The first-order chi connectivity index (χ1) is 10.8. The van der Waals surface area contributed by atoms with Crippen molar-refractivity contribution in [1.82, 2.24) is 5.32 Å². The predicted octanol–water partition coefficient (Wildman–Crippen LogP) is 2.76. The molecule has 0 aromatic heterocycles. The van der Waals surface area contributed by atoms with Crippen molar-refractivity contribution in [1.29, 1.82) is 0 Å². The molecule has 4 atom stereocenters. The maximum absolute atomic E-state index is 12.9. The number of hydrogen-bond donors (Lipinski definition) is 2. The molecule has 1 rings (SSSR count). The van der Waals surface area contributed by atoms with Crippen LogP contribution in [0.15, 0.2) is 0 Å². The summed E-state index contributed by atoms with van der Waals surface area (Å²) in [6.45, 7) is 5.80. The standard InChI is InChI=1S/C16H28FNO5/c1-10(2)9-22-14-11(3)23-15(19)13(18-16(20)21)6-4-5-12(14)7-8-17/h10-14,18H,4-9H2,1-3H3,(H,20,21)/t11-,12+,13-,14-/m0/s1. The molecule has 7 heteroatoms. The molecule has 0 bridgehead atoms. The van der Waals surface area contributed by atoms with Gasteiger partial charge in [0.2, 0.25) is 0 Å². The van der Waals surface area contributed by atoms with Gasteiger partial charge in [0.15, 0.2) is 0 Å². The summed E-state index contributed by atoms with van der Waals surface area (Å²) in [6.07, 6.45) is -0.203. The summed E-state index contributed by atoms with van der Waals surface area (Å²) in [5, 5.41) is 11.0. The minimum atomic E-state index is -1.26. The molecule has 1 aliphatic rings. The lowest BCUT2D eigenvalue weighted by Gasteiger charge is -2.31. The minimum Gasteiger partial charge on any atom is -0.465 e. The SMILES string of the molecule is CC(C)CO[C@@H]1[C@@H](CCF)CCC[C@H](NC(=O)O)C(=O)O[C@H]1C. The molecule has 1 heterocycles. The topological polar surface area (TPSA) is 84.9 Å². The largest absolute Gasteiger partial charge is 0.465 e. The summed E-state index contributed by atoms with van der Waals surface area (Å²) >= 11 is 0. The molecule has 0 unspecified atom stereocenters. The highest BCUT2D eigenvalue weighted by Crippen LogP contribution is 2.27. The van der Waals surface area contributed by atoms with Gasteiger partial charge in [-0.1, -0.05) is 20.3 Å². The smallest absolute Gasteiger partial charge is 0.405 e. The van der Waals surface area contributed by atoms with Gasteiger partial charge in [0.25, 0.3) is 0 Å². The zero-order valence-corrected chi connectivity index (χ0v) is 14.1. The van der Waals surface area contributed by atoms with E-state index in [0.29, 0.717) is 38.2 Å². The van der Waals surface area contributed by atoms with Crippen LogP contribution in [0.5, 0.6) is 0 Å². The third-order valence-corrected chi connectivity index (χ3v) is 3.98. The van der Waals surface area contributed by atoms with Gasteiger partial charge in [-0.3, -0.25) is 4.39 Å². The number of nitrogens with one attached hydrogen (secondary N) is 1. The average molecular weight is 333 g/mol.